The van der Waals surface area contributed by atoms with E-state index in [4.69, 9.17) is 21.8 Å². The fourth-order valence-corrected chi connectivity index (χ4v) is 1.74. The summed E-state index contributed by atoms with van der Waals surface area (Å²) in [6.07, 6.45) is 0.251. The van der Waals surface area contributed by atoms with Crippen LogP contribution in [0.5, 0.6) is 0 Å². The largest absolute Gasteiger partial charge is 0.463 e. The Labute approximate surface area is 114 Å². The first-order valence-corrected chi connectivity index (χ1v) is 5.89. The maximum atomic E-state index is 10.6. The lowest BCUT2D eigenvalue weighted by Crippen LogP contribution is -2.09. The summed E-state index contributed by atoms with van der Waals surface area (Å²) in [4.78, 5) is 10.6. The van der Waals surface area contributed by atoms with Gasteiger partial charge < -0.3 is 15.5 Å². The van der Waals surface area contributed by atoms with Crippen molar-refractivity contribution in [1.29, 1.82) is 0 Å². The number of hydrogen-bond acceptors (Lipinski definition) is 4. The first-order chi connectivity index (χ1) is 9.10. The van der Waals surface area contributed by atoms with Gasteiger partial charge in [-0.2, -0.15) is 9.78 Å². The molecule has 0 fully saturated rings. The van der Waals surface area contributed by atoms with Crippen molar-refractivity contribution in [3.8, 4) is 0 Å². The quantitative estimate of drug-likeness (QED) is 0.799. The molecule has 0 spiro atoms. The number of hydrogen-bond donors (Lipinski definition) is 3. The highest BCUT2D eigenvalue weighted by Crippen LogP contribution is 2.20. The maximum absolute atomic E-state index is 10.6. The standard InChI is InChI=1S/C12H12ClN3O3/c13-11-2-1-9(5-8(11)7-17)14-6-10-3-4-16(15-10)12(18)19/h1-5,14,17H,6-7H2,(H,18,19). The minimum atomic E-state index is -1.12. The second kappa shape index (κ2) is 5.73. The van der Waals surface area contributed by atoms with Crippen LogP contribution in [0.3, 0.4) is 0 Å². The van der Waals surface area contributed by atoms with Crippen molar-refractivity contribution < 1.29 is 15.0 Å². The third kappa shape index (κ3) is 3.24. The van der Waals surface area contributed by atoms with Gasteiger partial charge in [-0.25, -0.2) is 4.79 Å². The van der Waals surface area contributed by atoms with Crippen LogP contribution in [0.4, 0.5) is 10.5 Å². The van der Waals surface area contributed by atoms with Crippen LogP contribution in [-0.2, 0) is 13.2 Å². The van der Waals surface area contributed by atoms with Gasteiger partial charge in [-0.1, -0.05) is 11.6 Å². The molecule has 1 aromatic carbocycles. The van der Waals surface area contributed by atoms with Crippen molar-refractivity contribution in [2.45, 2.75) is 13.2 Å². The molecule has 0 bridgehead atoms. The predicted molar refractivity (Wildman–Crippen MR) is 70.4 cm³/mol. The van der Waals surface area contributed by atoms with Crippen LogP contribution in [0.1, 0.15) is 11.3 Å². The van der Waals surface area contributed by atoms with Crippen LogP contribution in [0, 0.1) is 0 Å². The number of halogens is 1. The van der Waals surface area contributed by atoms with Gasteiger partial charge in [-0.3, -0.25) is 0 Å². The molecule has 0 aliphatic rings. The zero-order valence-corrected chi connectivity index (χ0v) is 10.6. The number of carbonyl (C=O) groups is 1. The Hall–Kier alpha value is -2.05. The molecule has 0 unspecified atom stereocenters. The molecule has 2 aromatic rings. The molecule has 0 radical (unpaired) electrons. The van der Waals surface area contributed by atoms with Gasteiger partial charge in [0.2, 0.25) is 0 Å². The topological polar surface area (TPSA) is 87.4 Å². The fourth-order valence-electron chi connectivity index (χ4n) is 1.56. The zero-order valence-electron chi connectivity index (χ0n) is 9.88. The highest BCUT2D eigenvalue weighted by molar-refractivity contribution is 6.31. The molecule has 3 N–H and O–H groups in total. The van der Waals surface area contributed by atoms with Gasteiger partial charge in [0.1, 0.15) is 0 Å². The molecule has 0 saturated carbocycles. The normalized spacial score (nSPS) is 10.4. The lowest BCUT2D eigenvalue weighted by atomic mass is 10.2. The number of carboxylic acid groups (broad SMARTS) is 1. The first kappa shape index (κ1) is 13.4. The van der Waals surface area contributed by atoms with Gasteiger partial charge >= 0.3 is 6.09 Å². The van der Waals surface area contributed by atoms with E-state index in [9.17, 15) is 4.79 Å². The van der Waals surface area contributed by atoms with E-state index >= 15 is 0 Å². The summed E-state index contributed by atoms with van der Waals surface area (Å²) in [6, 6.07) is 6.81. The smallest absolute Gasteiger partial charge is 0.432 e. The van der Waals surface area contributed by atoms with E-state index < -0.39 is 6.09 Å². The molecule has 6 nitrogen and oxygen atoms in total. The average molecular weight is 282 g/mol. The molecule has 1 aromatic heterocycles. The lowest BCUT2D eigenvalue weighted by molar-refractivity contribution is 0.192. The summed E-state index contributed by atoms with van der Waals surface area (Å²) in [5.41, 5.74) is 2.00. The highest BCUT2D eigenvalue weighted by Gasteiger charge is 2.05. The van der Waals surface area contributed by atoms with E-state index in [2.05, 4.69) is 10.4 Å². The number of anilines is 1. The van der Waals surface area contributed by atoms with E-state index in [1.165, 1.54) is 6.20 Å². The van der Waals surface area contributed by atoms with Crippen LogP contribution in [0.15, 0.2) is 30.5 Å². The van der Waals surface area contributed by atoms with Crippen molar-refractivity contribution in [2.75, 3.05) is 5.32 Å². The van der Waals surface area contributed by atoms with Crippen LogP contribution < -0.4 is 5.32 Å². The summed E-state index contributed by atoms with van der Waals surface area (Å²) >= 11 is 5.88. The molecule has 100 valence electrons. The van der Waals surface area contributed by atoms with Crippen molar-refractivity contribution in [1.82, 2.24) is 9.78 Å². The SMILES string of the molecule is O=C(O)n1ccc(CNc2ccc(Cl)c(CO)c2)n1. The molecule has 0 aliphatic carbocycles. The number of rotatable bonds is 4. The third-order valence-electron chi connectivity index (χ3n) is 2.53. The van der Waals surface area contributed by atoms with Gasteiger partial charge in [0.25, 0.3) is 0 Å². The Morgan fingerprint density at radius 3 is 2.84 bits per heavy atom. The van der Waals surface area contributed by atoms with Crippen LogP contribution in [0.25, 0.3) is 0 Å². The van der Waals surface area contributed by atoms with E-state index in [0.29, 0.717) is 22.8 Å². The highest BCUT2D eigenvalue weighted by atomic mass is 35.5. The number of nitrogens with zero attached hydrogens (tertiary/aromatic N) is 2. The summed E-state index contributed by atoms with van der Waals surface area (Å²) in [6.45, 7) is 0.245. The second-order valence-corrected chi connectivity index (χ2v) is 4.26. The average Bonchev–Trinajstić information content (AvgIpc) is 2.87. The van der Waals surface area contributed by atoms with E-state index in [1.54, 1.807) is 24.3 Å². The number of nitrogens with one attached hydrogen (secondary N) is 1. The second-order valence-electron chi connectivity index (χ2n) is 3.85. The minimum Gasteiger partial charge on any atom is -0.463 e. The van der Waals surface area contributed by atoms with Gasteiger partial charge in [-0.15, -0.1) is 0 Å². The molecule has 0 atom stereocenters. The van der Waals surface area contributed by atoms with Crippen LogP contribution >= 0.6 is 11.6 Å². The molecule has 19 heavy (non-hydrogen) atoms. The number of aliphatic hydroxyl groups excluding tert-OH is 1. The lowest BCUT2D eigenvalue weighted by Gasteiger charge is -2.07. The van der Waals surface area contributed by atoms with Gasteiger partial charge in [-0.05, 0) is 29.8 Å². The van der Waals surface area contributed by atoms with Gasteiger partial charge in [0.15, 0.2) is 0 Å². The van der Waals surface area contributed by atoms with E-state index in [1.807, 2.05) is 0 Å². The molecular weight excluding hydrogens is 270 g/mol. The van der Waals surface area contributed by atoms with Crippen LogP contribution in [-0.4, -0.2) is 26.1 Å². The molecular formula is C12H12ClN3O3. The zero-order chi connectivity index (χ0) is 13.8. The van der Waals surface area contributed by atoms with Crippen molar-refractivity contribution in [3.05, 3.63) is 46.7 Å². The Balaban J connectivity index is 2.03. The first-order valence-electron chi connectivity index (χ1n) is 5.51. The molecule has 0 aliphatic heterocycles. The van der Waals surface area contributed by atoms with E-state index in [0.717, 1.165) is 10.4 Å². The summed E-state index contributed by atoms with van der Waals surface area (Å²) in [7, 11) is 0. The van der Waals surface area contributed by atoms with Crippen molar-refractivity contribution in [2.24, 2.45) is 0 Å². The van der Waals surface area contributed by atoms with Crippen molar-refractivity contribution in [3.63, 3.8) is 0 Å². The minimum absolute atomic E-state index is 0.137. The number of aromatic nitrogens is 2. The number of benzene rings is 1. The molecule has 0 amide bonds. The van der Waals surface area contributed by atoms with E-state index in [-0.39, 0.29) is 6.61 Å². The predicted octanol–water partition coefficient (Wildman–Crippen LogP) is 2.17. The summed E-state index contributed by atoms with van der Waals surface area (Å²) in [5.74, 6) is 0. The number of aliphatic hydroxyl groups is 1. The van der Waals surface area contributed by atoms with Gasteiger partial charge in [0.05, 0.1) is 18.8 Å². The Kier molecular flexibility index (Phi) is 4.03. The Morgan fingerprint density at radius 1 is 1.42 bits per heavy atom. The summed E-state index contributed by atoms with van der Waals surface area (Å²) in [5, 5.41) is 25.3. The van der Waals surface area contributed by atoms with Crippen molar-refractivity contribution >= 4 is 23.4 Å². The maximum Gasteiger partial charge on any atom is 0.432 e. The molecule has 7 heteroatoms. The monoisotopic (exact) mass is 281 g/mol. The molecule has 1 heterocycles. The van der Waals surface area contributed by atoms with Gasteiger partial charge in [0, 0.05) is 16.9 Å². The molecule has 0 saturated heterocycles. The molecule has 2 rings (SSSR count). The fraction of sp³-hybridized carbons (Fsp3) is 0.167. The Morgan fingerprint density at radius 2 is 2.21 bits per heavy atom. The third-order valence-corrected chi connectivity index (χ3v) is 2.90. The van der Waals surface area contributed by atoms with Crippen LogP contribution in [0.2, 0.25) is 5.02 Å². The summed E-state index contributed by atoms with van der Waals surface area (Å²) < 4.78 is 0.845. The Bertz CT molecular complexity index is 598.